The van der Waals surface area contributed by atoms with Crippen molar-refractivity contribution >= 4 is 22.7 Å². The fourth-order valence-electron chi connectivity index (χ4n) is 2.32. The number of benzene rings is 1. The number of fused-ring (bicyclic) bond motifs is 1. The van der Waals surface area contributed by atoms with Gasteiger partial charge in [-0.1, -0.05) is 13.3 Å². The van der Waals surface area contributed by atoms with Crippen molar-refractivity contribution in [3.8, 4) is 0 Å². The van der Waals surface area contributed by atoms with Gasteiger partial charge in [-0.15, -0.1) is 0 Å². The molecule has 1 atom stereocenters. The highest BCUT2D eigenvalue weighted by Crippen LogP contribution is 2.18. The van der Waals surface area contributed by atoms with Gasteiger partial charge in [-0.25, -0.2) is 9.59 Å². The monoisotopic (exact) mass is 304 g/mol. The third-order valence-corrected chi connectivity index (χ3v) is 3.44. The topological polar surface area (TPSA) is 91.6 Å². The SMILES string of the molecule is CCC[C@@](C)(CO)NC(=O)Nc1ccc2oc(=O)ccc2c1. The van der Waals surface area contributed by atoms with Crippen molar-refractivity contribution in [2.75, 3.05) is 11.9 Å². The van der Waals surface area contributed by atoms with Crippen LogP contribution in [-0.2, 0) is 0 Å². The van der Waals surface area contributed by atoms with E-state index in [1.54, 1.807) is 31.2 Å². The molecule has 0 fully saturated rings. The first-order valence-corrected chi connectivity index (χ1v) is 7.20. The Morgan fingerprint density at radius 2 is 2.09 bits per heavy atom. The Hall–Kier alpha value is -2.34. The number of rotatable bonds is 5. The summed E-state index contributed by atoms with van der Waals surface area (Å²) in [7, 11) is 0. The smallest absolute Gasteiger partial charge is 0.336 e. The number of amides is 2. The molecule has 1 aromatic heterocycles. The van der Waals surface area contributed by atoms with Gasteiger partial charge < -0.3 is 20.2 Å². The maximum atomic E-state index is 12.0. The average molecular weight is 304 g/mol. The number of carbonyl (C=O) groups excluding carboxylic acids is 1. The van der Waals surface area contributed by atoms with Crippen LogP contribution in [0.2, 0.25) is 0 Å². The number of urea groups is 1. The molecule has 2 aromatic rings. The number of hydrogen-bond donors (Lipinski definition) is 3. The summed E-state index contributed by atoms with van der Waals surface area (Å²) in [5.41, 5.74) is -0.0212. The first-order chi connectivity index (χ1) is 10.5. The first kappa shape index (κ1) is 16.0. The molecule has 0 unspecified atom stereocenters. The number of hydrogen-bond acceptors (Lipinski definition) is 4. The van der Waals surface area contributed by atoms with Crippen LogP contribution in [0.5, 0.6) is 0 Å². The van der Waals surface area contributed by atoms with Gasteiger partial charge in [-0.2, -0.15) is 0 Å². The molecule has 0 aliphatic heterocycles. The second kappa shape index (κ2) is 6.62. The lowest BCUT2D eigenvalue weighted by molar-refractivity contribution is 0.167. The van der Waals surface area contributed by atoms with Crippen molar-refractivity contribution < 1.29 is 14.3 Å². The maximum Gasteiger partial charge on any atom is 0.336 e. The molecule has 0 bridgehead atoms. The Labute approximate surface area is 128 Å². The van der Waals surface area contributed by atoms with Gasteiger partial charge in [0.15, 0.2) is 0 Å². The quantitative estimate of drug-likeness (QED) is 0.740. The molecule has 0 saturated heterocycles. The van der Waals surface area contributed by atoms with E-state index < -0.39 is 11.2 Å². The summed E-state index contributed by atoms with van der Waals surface area (Å²) in [6, 6.07) is 7.58. The molecule has 0 saturated carbocycles. The minimum Gasteiger partial charge on any atom is -0.423 e. The fraction of sp³-hybridized carbons (Fsp3) is 0.375. The lowest BCUT2D eigenvalue weighted by atomic mass is 9.98. The molecule has 2 rings (SSSR count). The van der Waals surface area contributed by atoms with Gasteiger partial charge in [0.25, 0.3) is 0 Å². The van der Waals surface area contributed by atoms with E-state index in [1.807, 2.05) is 6.92 Å². The van der Waals surface area contributed by atoms with Crippen LogP contribution in [0.25, 0.3) is 11.0 Å². The predicted molar refractivity (Wildman–Crippen MR) is 85.0 cm³/mol. The second-order valence-electron chi connectivity index (χ2n) is 5.55. The van der Waals surface area contributed by atoms with Crippen molar-refractivity contribution in [3.05, 3.63) is 40.8 Å². The standard InChI is InChI=1S/C16H20N2O4/c1-3-8-16(2,10-19)18-15(21)17-12-5-6-13-11(9-12)4-7-14(20)22-13/h4-7,9,19H,3,8,10H2,1-2H3,(H2,17,18,21)/t16-/m0/s1. The van der Waals surface area contributed by atoms with Gasteiger partial charge >= 0.3 is 11.7 Å². The molecule has 1 aromatic carbocycles. The summed E-state index contributed by atoms with van der Waals surface area (Å²) in [5, 5.41) is 15.6. The average Bonchev–Trinajstić information content (AvgIpc) is 2.47. The molecule has 0 aliphatic rings. The Morgan fingerprint density at radius 3 is 2.77 bits per heavy atom. The van der Waals surface area contributed by atoms with Crippen LogP contribution in [-0.4, -0.2) is 23.3 Å². The fourth-order valence-corrected chi connectivity index (χ4v) is 2.32. The molecule has 6 nitrogen and oxygen atoms in total. The number of aliphatic hydroxyl groups is 1. The highest BCUT2D eigenvalue weighted by molar-refractivity contribution is 5.92. The maximum absolute atomic E-state index is 12.0. The van der Waals surface area contributed by atoms with Crippen LogP contribution in [0.4, 0.5) is 10.5 Å². The van der Waals surface area contributed by atoms with E-state index in [9.17, 15) is 14.7 Å². The van der Waals surface area contributed by atoms with Gasteiger partial charge in [0.2, 0.25) is 0 Å². The molecule has 0 aliphatic carbocycles. The number of nitrogens with one attached hydrogen (secondary N) is 2. The van der Waals surface area contributed by atoms with Crippen LogP contribution in [0.1, 0.15) is 26.7 Å². The Morgan fingerprint density at radius 1 is 1.32 bits per heavy atom. The minimum absolute atomic E-state index is 0.128. The van der Waals surface area contributed by atoms with Crippen molar-refractivity contribution in [2.45, 2.75) is 32.2 Å². The highest BCUT2D eigenvalue weighted by atomic mass is 16.4. The summed E-state index contributed by atoms with van der Waals surface area (Å²) in [5.74, 6) is 0. The molecule has 0 radical (unpaired) electrons. The lowest BCUT2D eigenvalue weighted by Gasteiger charge is -2.28. The molecular weight excluding hydrogens is 284 g/mol. The molecule has 6 heteroatoms. The van der Waals surface area contributed by atoms with Crippen molar-refractivity contribution in [2.24, 2.45) is 0 Å². The van der Waals surface area contributed by atoms with Crippen LogP contribution in [0.3, 0.4) is 0 Å². The Bertz CT molecular complexity index is 725. The van der Waals surface area contributed by atoms with E-state index >= 15 is 0 Å². The predicted octanol–water partition coefficient (Wildman–Crippen LogP) is 2.47. The van der Waals surface area contributed by atoms with Crippen LogP contribution in [0, 0.1) is 0 Å². The van der Waals surface area contributed by atoms with Crippen LogP contribution < -0.4 is 16.3 Å². The van der Waals surface area contributed by atoms with E-state index in [0.717, 1.165) is 11.8 Å². The first-order valence-electron chi connectivity index (χ1n) is 7.20. The summed E-state index contributed by atoms with van der Waals surface area (Å²) in [6.45, 7) is 3.66. The van der Waals surface area contributed by atoms with Gasteiger partial charge in [0.1, 0.15) is 5.58 Å². The van der Waals surface area contributed by atoms with Crippen molar-refractivity contribution in [3.63, 3.8) is 0 Å². The second-order valence-corrected chi connectivity index (χ2v) is 5.55. The van der Waals surface area contributed by atoms with Crippen molar-refractivity contribution in [1.82, 2.24) is 5.32 Å². The lowest BCUT2D eigenvalue weighted by Crippen LogP contribution is -2.50. The van der Waals surface area contributed by atoms with E-state index in [1.165, 1.54) is 6.07 Å². The zero-order chi connectivity index (χ0) is 16.2. The molecule has 2 amide bonds. The number of carbonyl (C=O) groups is 1. The van der Waals surface area contributed by atoms with Crippen LogP contribution >= 0.6 is 0 Å². The summed E-state index contributed by atoms with van der Waals surface area (Å²) in [6.07, 6.45) is 1.53. The zero-order valence-corrected chi connectivity index (χ0v) is 12.7. The van der Waals surface area contributed by atoms with Gasteiger partial charge in [-0.05, 0) is 37.6 Å². The zero-order valence-electron chi connectivity index (χ0n) is 12.7. The van der Waals surface area contributed by atoms with Gasteiger partial charge in [0.05, 0.1) is 12.1 Å². The van der Waals surface area contributed by atoms with E-state index in [-0.39, 0.29) is 12.6 Å². The summed E-state index contributed by atoms with van der Waals surface area (Å²) >= 11 is 0. The summed E-state index contributed by atoms with van der Waals surface area (Å²) in [4.78, 5) is 23.2. The molecule has 118 valence electrons. The molecule has 22 heavy (non-hydrogen) atoms. The van der Waals surface area contributed by atoms with E-state index in [4.69, 9.17) is 4.42 Å². The van der Waals surface area contributed by atoms with Gasteiger partial charge in [0, 0.05) is 17.1 Å². The third kappa shape index (κ3) is 3.85. The van der Waals surface area contributed by atoms with E-state index in [2.05, 4.69) is 10.6 Å². The van der Waals surface area contributed by atoms with E-state index in [0.29, 0.717) is 17.7 Å². The largest absolute Gasteiger partial charge is 0.423 e. The molecule has 0 spiro atoms. The molecular formula is C16H20N2O4. The van der Waals surface area contributed by atoms with Crippen LogP contribution in [0.15, 0.2) is 39.5 Å². The van der Waals surface area contributed by atoms with Gasteiger partial charge in [-0.3, -0.25) is 0 Å². The molecule has 3 N–H and O–H groups in total. The third-order valence-electron chi connectivity index (χ3n) is 3.44. The number of anilines is 1. The Balaban J connectivity index is 2.11. The molecule has 1 heterocycles. The number of aliphatic hydroxyl groups excluding tert-OH is 1. The highest BCUT2D eigenvalue weighted by Gasteiger charge is 2.24. The van der Waals surface area contributed by atoms with Crippen molar-refractivity contribution in [1.29, 1.82) is 0 Å². The Kier molecular flexibility index (Phi) is 4.82. The minimum atomic E-state index is -0.650. The summed E-state index contributed by atoms with van der Waals surface area (Å²) < 4.78 is 5.03. The normalized spacial score (nSPS) is 13.6.